The molecule has 0 radical (unpaired) electrons. The summed E-state index contributed by atoms with van der Waals surface area (Å²) in [7, 11) is 0. The van der Waals surface area contributed by atoms with E-state index in [9.17, 15) is 0 Å². The Bertz CT molecular complexity index is 862. The van der Waals surface area contributed by atoms with Crippen molar-refractivity contribution in [2.45, 2.75) is 26.4 Å². The molecule has 0 aliphatic rings. The average molecular weight is 392 g/mol. The van der Waals surface area contributed by atoms with Crippen LogP contribution < -0.4 is 15.4 Å². The van der Waals surface area contributed by atoms with E-state index >= 15 is 0 Å². The van der Waals surface area contributed by atoms with Crippen LogP contribution in [-0.4, -0.2) is 35.2 Å². The van der Waals surface area contributed by atoms with Crippen LogP contribution >= 0.6 is 0 Å². The Morgan fingerprint density at radius 3 is 2.72 bits per heavy atom. The van der Waals surface area contributed by atoms with Crippen LogP contribution in [0.4, 0.5) is 0 Å². The molecule has 6 heteroatoms. The van der Waals surface area contributed by atoms with Crippen molar-refractivity contribution >= 4 is 5.96 Å². The maximum atomic E-state index is 5.73. The Morgan fingerprint density at radius 1 is 1.07 bits per heavy atom. The van der Waals surface area contributed by atoms with E-state index in [1.165, 1.54) is 11.1 Å². The summed E-state index contributed by atoms with van der Waals surface area (Å²) in [5.74, 6) is 1.73. The van der Waals surface area contributed by atoms with Crippen LogP contribution in [0.5, 0.6) is 5.75 Å². The van der Waals surface area contributed by atoms with Crippen molar-refractivity contribution in [3.63, 3.8) is 0 Å². The highest BCUT2D eigenvalue weighted by Gasteiger charge is 2.00. The third-order valence-electron chi connectivity index (χ3n) is 4.31. The average Bonchev–Trinajstić information content (AvgIpc) is 3.26. The smallest absolute Gasteiger partial charge is 0.191 e. The molecule has 0 aliphatic heterocycles. The SMILES string of the molecule is CCNC(=NCc1cccc(Cn2ccnc2)c1)NCCCOc1ccccc1. The van der Waals surface area contributed by atoms with Crippen molar-refractivity contribution < 1.29 is 4.74 Å². The topological polar surface area (TPSA) is 63.5 Å². The quantitative estimate of drug-likeness (QED) is 0.316. The van der Waals surface area contributed by atoms with Gasteiger partial charge in [-0.25, -0.2) is 9.98 Å². The van der Waals surface area contributed by atoms with E-state index in [0.29, 0.717) is 13.2 Å². The lowest BCUT2D eigenvalue weighted by atomic mass is 10.1. The lowest BCUT2D eigenvalue weighted by molar-refractivity contribution is 0.311. The standard InChI is InChI=1S/C23H29N5O/c1-2-25-23(26-12-7-15-29-22-10-4-3-5-11-22)27-17-20-8-6-9-21(16-20)18-28-14-13-24-19-28/h3-6,8-11,13-14,16,19H,2,7,12,15,17-18H2,1H3,(H2,25,26,27). The molecule has 0 bridgehead atoms. The molecule has 2 aromatic carbocycles. The van der Waals surface area contributed by atoms with Gasteiger partial charge in [0.15, 0.2) is 5.96 Å². The summed E-state index contributed by atoms with van der Waals surface area (Å²) in [6.07, 6.45) is 6.51. The van der Waals surface area contributed by atoms with E-state index in [2.05, 4.69) is 51.4 Å². The highest BCUT2D eigenvalue weighted by Crippen LogP contribution is 2.09. The number of aromatic nitrogens is 2. The molecule has 0 saturated carbocycles. The fourth-order valence-corrected chi connectivity index (χ4v) is 2.92. The van der Waals surface area contributed by atoms with Crippen LogP contribution in [0.2, 0.25) is 0 Å². The third kappa shape index (κ3) is 7.33. The van der Waals surface area contributed by atoms with Gasteiger partial charge in [-0.2, -0.15) is 0 Å². The summed E-state index contributed by atoms with van der Waals surface area (Å²) in [6, 6.07) is 18.4. The molecule has 1 heterocycles. The van der Waals surface area contributed by atoms with Crippen LogP contribution in [0.15, 0.2) is 78.3 Å². The van der Waals surface area contributed by atoms with Gasteiger partial charge in [0.1, 0.15) is 5.75 Å². The molecule has 2 N–H and O–H groups in total. The first-order valence-corrected chi connectivity index (χ1v) is 10.1. The van der Waals surface area contributed by atoms with Gasteiger partial charge in [0, 0.05) is 32.0 Å². The normalized spacial score (nSPS) is 11.3. The minimum absolute atomic E-state index is 0.633. The Hall–Kier alpha value is -3.28. The van der Waals surface area contributed by atoms with E-state index in [-0.39, 0.29) is 0 Å². The second kappa shape index (κ2) is 11.5. The van der Waals surface area contributed by atoms with E-state index < -0.39 is 0 Å². The maximum absolute atomic E-state index is 5.73. The van der Waals surface area contributed by atoms with Crippen molar-refractivity contribution in [1.29, 1.82) is 0 Å². The number of guanidine groups is 1. The van der Waals surface area contributed by atoms with E-state index in [4.69, 9.17) is 9.73 Å². The predicted molar refractivity (Wildman–Crippen MR) is 117 cm³/mol. The minimum Gasteiger partial charge on any atom is -0.494 e. The van der Waals surface area contributed by atoms with Crippen molar-refractivity contribution in [2.24, 2.45) is 4.99 Å². The van der Waals surface area contributed by atoms with E-state index in [0.717, 1.165) is 37.8 Å². The van der Waals surface area contributed by atoms with Gasteiger partial charge >= 0.3 is 0 Å². The first kappa shape index (κ1) is 20.5. The summed E-state index contributed by atoms with van der Waals surface area (Å²) < 4.78 is 7.79. The van der Waals surface area contributed by atoms with Crippen molar-refractivity contribution in [3.8, 4) is 5.75 Å². The van der Waals surface area contributed by atoms with E-state index in [1.807, 2.05) is 42.9 Å². The number of imidazole rings is 1. The van der Waals surface area contributed by atoms with Gasteiger partial charge < -0.3 is 19.9 Å². The Kier molecular flexibility index (Phi) is 8.14. The number of benzene rings is 2. The first-order chi connectivity index (χ1) is 14.3. The van der Waals surface area contributed by atoms with Gasteiger partial charge in [0.25, 0.3) is 0 Å². The van der Waals surface area contributed by atoms with Gasteiger partial charge in [-0.3, -0.25) is 0 Å². The van der Waals surface area contributed by atoms with Gasteiger partial charge in [-0.05, 0) is 36.6 Å². The molecule has 1 aromatic heterocycles. The lowest BCUT2D eigenvalue weighted by Crippen LogP contribution is -2.38. The molecule has 0 fully saturated rings. The molecule has 3 rings (SSSR count). The minimum atomic E-state index is 0.633. The maximum Gasteiger partial charge on any atom is 0.191 e. The molecule has 0 aliphatic carbocycles. The molecule has 0 unspecified atom stereocenters. The van der Waals surface area contributed by atoms with Gasteiger partial charge in [-0.1, -0.05) is 42.5 Å². The molecule has 3 aromatic rings. The second-order valence-corrected chi connectivity index (χ2v) is 6.69. The number of para-hydroxylation sites is 1. The van der Waals surface area contributed by atoms with Crippen molar-refractivity contribution in [1.82, 2.24) is 20.2 Å². The Balaban J connectivity index is 1.45. The van der Waals surface area contributed by atoms with Crippen LogP contribution in [0, 0.1) is 0 Å². The molecule has 29 heavy (non-hydrogen) atoms. The molecule has 152 valence electrons. The number of aliphatic imine (C=N–C) groups is 1. The van der Waals surface area contributed by atoms with Crippen LogP contribution in [0.1, 0.15) is 24.5 Å². The molecule has 0 spiro atoms. The summed E-state index contributed by atoms with van der Waals surface area (Å²) in [4.78, 5) is 8.81. The fourth-order valence-electron chi connectivity index (χ4n) is 2.92. The Morgan fingerprint density at radius 2 is 1.93 bits per heavy atom. The van der Waals surface area contributed by atoms with E-state index in [1.54, 1.807) is 6.20 Å². The zero-order chi connectivity index (χ0) is 20.2. The summed E-state index contributed by atoms with van der Waals surface area (Å²) in [5.41, 5.74) is 2.43. The molecule has 0 amide bonds. The number of hydrogen-bond acceptors (Lipinski definition) is 3. The summed E-state index contributed by atoms with van der Waals surface area (Å²) >= 11 is 0. The summed E-state index contributed by atoms with van der Waals surface area (Å²) in [6.45, 7) is 5.82. The first-order valence-electron chi connectivity index (χ1n) is 10.1. The molecular weight excluding hydrogens is 362 g/mol. The van der Waals surface area contributed by atoms with Crippen LogP contribution in [0.25, 0.3) is 0 Å². The largest absolute Gasteiger partial charge is 0.494 e. The van der Waals surface area contributed by atoms with Gasteiger partial charge in [-0.15, -0.1) is 0 Å². The predicted octanol–water partition coefficient (Wildman–Crippen LogP) is 3.46. The molecule has 0 saturated heterocycles. The highest BCUT2D eigenvalue weighted by atomic mass is 16.5. The number of nitrogens with one attached hydrogen (secondary N) is 2. The van der Waals surface area contributed by atoms with Crippen LogP contribution in [0.3, 0.4) is 0 Å². The lowest BCUT2D eigenvalue weighted by Gasteiger charge is -2.12. The van der Waals surface area contributed by atoms with Gasteiger partial charge in [0.2, 0.25) is 0 Å². The molecular formula is C23H29N5O. The van der Waals surface area contributed by atoms with Crippen LogP contribution in [-0.2, 0) is 13.1 Å². The zero-order valence-electron chi connectivity index (χ0n) is 16.9. The summed E-state index contributed by atoms with van der Waals surface area (Å²) in [5, 5.41) is 6.67. The molecule has 0 atom stereocenters. The number of nitrogens with zero attached hydrogens (tertiary/aromatic N) is 3. The molecule has 6 nitrogen and oxygen atoms in total. The number of rotatable bonds is 10. The third-order valence-corrected chi connectivity index (χ3v) is 4.31. The Labute approximate surface area is 172 Å². The monoisotopic (exact) mass is 391 g/mol. The number of hydrogen-bond donors (Lipinski definition) is 2. The van der Waals surface area contributed by atoms with Crippen molar-refractivity contribution in [3.05, 3.63) is 84.4 Å². The second-order valence-electron chi connectivity index (χ2n) is 6.69. The zero-order valence-corrected chi connectivity index (χ0v) is 16.9. The fraction of sp³-hybridized carbons (Fsp3) is 0.304. The van der Waals surface area contributed by atoms with Gasteiger partial charge in [0.05, 0.1) is 19.5 Å². The van der Waals surface area contributed by atoms with Crippen molar-refractivity contribution in [2.75, 3.05) is 19.7 Å². The number of ether oxygens (including phenoxy) is 1. The highest BCUT2D eigenvalue weighted by molar-refractivity contribution is 5.79.